The maximum Gasteiger partial charge on any atom is 0.317 e. The van der Waals surface area contributed by atoms with Crippen molar-refractivity contribution in [3.63, 3.8) is 0 Å². The zero-order valence-corrected chi connectivity index (χ0v) is 15.3. The van der Waals surface area contributed by atoms with Crippen LogP contribution in [0, 0.1) is 6.92 Å². The molecule has 1 saturated heterocycles. The van der Waals surface area contributed by atoms with Gasteiger partial charge in [0.25, 0.3) is 5.91 Å². The molecule has 0 saturated carbocycles. The Morgan fingerprint density at radius 3 is 3.00 bits per heavy atom. The number of thiazole rings is 1. The number of amides is 3. The molecule has 24 heavy (non-hydrogen) atoms. The lowest BCUT2D eigenvalue weighted by Gasteiger charge is -2.17. The molecule has 6 nitrogen and oxygen atoms in total. The summed E-state index contributed by atoms with van der Waals surface area (Å²) in [4.78, 5) is 31.3. The predicted octanol–water partition coefficient (Wildman–Crippen LogP) is 2.71. The van der Waals surface area contributed by atoms with Gasteiger partial charge in [-0.3, -0.25) is 4.79 Å². The highest BCUT2D eigenvalue weighted by Gasteiger charge is 2.28. The number of nitrogens with one attached hydrogen (secondary N) is 2. The van der Waals surface area contributed by atoms with Crippen molar-refractivity contribution in [2.75, 3.05) is 19.6 Å². The number of likely N-dealkylation sites (tertiary alicyclic amines) is 1. The minimum atomic E-state index is -0.103. The molecule has 3 rings (SSSR count). The number of rotatable bonds is 4. The van der Waals surface area contributed by atoms with Crippen molar-refractivity contribution in [2.24, 2.45) is 0 Å². The van der Waals surface area contributed by atoms with Gasteiger partial charge in [-0.15, -0.1) is 11.3 Å². The van der Waals surface area contributed by atoms with Gasteiger partial charge in [-0.05, 0) is 31.7 Å². The van der Waals surface area contributed by atoms with Crippen molar-refractivity contribution in [2.45, 2.75) is 26.3 Å². The number of urea groups is 1. The van der Waals surface area contributed by atoms with E-state index in [-0.39, 0.29) is 18.0 Å². The van der Waals surface area contributed by atoms with E-state index < -0.39 is 0 Å². The van der Waals surface area contributed by atoms with Crippen LogP contribution < -0.4 is 10.6 Å². The molecule has 0 spiro atoms. The van der Waals surface area contributed by atoms with Gasteiger partial charge in [0.05, 0.1) is 5.69 Å². The molecular weight excluding hydrogens is 344 g/mol. The lowest BCUT2D eigenvalue weighted by Crippen LogP contribution is -2.42. The Labute approximate surface area is 148 Å². The number of aryl methyl sites for hydroxylation is 1. The summed E-state index contributed by atoms with van der Waals surface area (Å²) in [5, 5.41) is 10.7. The predicted molar refractivity (Wildman–Crippen MR) is 96.7 cm³/mol. The molecule has 0 bridgehead atoms. The number of carbonyl (C=O) groups is 2. The fraction of sp³-hybridized carbons (Fsp3) is 0.438. The minimum absolute atomic E-state index is 0.00814. The van der Waals surface area contributed by atoms with Crippen LogP contribution in [0.15, 0.2) is 16.8 Å². The van der Waals surface area contributed by atoms with Crippen LogP contribution in [0.3, 0.4) is 0 Å². The van der Waals surface area contributed by atoms with E-state index in [0.29, 0.717) is 24.5 Å². The lowest BCUT2D eigenvalue weighted by molar-refractivity contribution is 0.0941. The summed E-state index contributed by atoms with van der Waals surface area (Å²) in [6.45, 7) is 5.57. The quantitative estimate of drug-likeness (QED) is 0.876. The normalized spacial score (nSPS) is 17.1. The van der Waals surface area contributed by atoms with Gasteiger partial charge in [0.2, 0.25) is 0 Å². The second-order valence-electron chi connectivity index (χ2n) is 5.69. The van der Waals surface area contributed by atoms with Crippen LogP contribution in [-0.4, -0.2) is 47.5 Å². The largest absolute Gasteiger partial charge is 0.347 e. The SMILES string of the molecule is CCNC(=O)N1CCC(NC(=O)c2sc(-c3ccsc3)nc2C)C1. The number of thiophene rings is 1. The van der Waals surface area contributed by atoms with E-state index in [1.807, 2.05) is 30.7 Å². The summed E-state index contributed by atoms with van der Waals surface area (Å²) in [5.74, 6) is -0.103. The first-order valence-electron chi connectivity index (χ1n) is 7.92. The molecule has 2 aromatic rings. The molecule has 3 heterocycles. The van der Waals surface area contributed by atoms with E-state index in [9.17, 15) is 9.59 Å². The van der Waals surface area contributed by atoms with Crippen molar-refractivity contribution >= 4 is 34.6 Å². The Bertz CT molecular complexity index is 727. The van der Waals surface area contributed by atoms with Crippen LogP contribution in [0.5, 0.6) is 0 Å². The first-order valence-corrected chi connectivity index (χ1v) is 9.68. The van der Waals surface area contributed by atoms with Gasteiger partial charge in [-0.1, -0.05) is 0 Å². The van der Waals surface area contributed by atoms with Crippen LogP contribution in [0.4, 0.5) is 4.79 Å². The topological polar surface area (TPSA) is 74.3 Å². The number of aromatic nitrogens is 1. The molecule has 1 unspecified atom stereocenters. The van der Waals surface area contributed by atoms with Gasteiger partial charge in [0, 0.05) is 36.6 Å². The van der Waals surface area contributed by atoms with E-state index in [1.54, 1.807) is 16.2 Å². The average Bonchev–Trinajstić information content (AvgIpc) is 3.26. The van der Waals surface area contributed by atoms with Crippen LogP contribution in [0.1, 0.15) is 28.7 Å². The number of carbonyl (C=O) groups excluding carboxylic acids is 2. The molecule has 128 valence electrons. The van der Waals surface area contributed by atoms with E-state index in [2.05, 4.69) is 15.6 Å². The van der Waals surface area contributed by atoms with E-state index in [0.717, 1.165) is 22.7 Å². The second kappa shape index (κ2) is 7.31. The summed E-state index contributed by atoms with van der Waals surface area (Å²) in [6, 6.07) is 1.93. The Morgan fingerprint density at radius 2 is 2.29 bits per heavy atom. The molecule has 1 atom stereocenters. The highest BCUT2D eigenvalue weighted by Crippen LogP contribution is 2.29. The van der Waals surface area contributed by atoms with Gasteiger partial charge in [0.15, 0.2) is 0 Å². The van der Waals surface area contributed by atoms with Crippen LogP contribution >= 0.6 is 22.7 Å². The van der Waals surface area contributed by atoms with Crippen molar-refractivity contribution in [1.29, 1.82) is 0 Å². The van der Waals surface area contributed by atoms with Gasteiger partial charge >= 0.3 is 6.03 Å². The van der Waals surface area contributed by atoms with Crippen LogP contribution in [0.2, 0.25) is 0 Å². The van der Waals surface area contributed by atoms with Gasteiger partial charge in [-0.25, -0.2) is 9.78 Å². The maximum absolute atomic E-state index is 12.5. The molecule has 3 amide bonds. The Kier molecular flexibility index (Phi) is 5.15. The van der Waals surface area contributed by atoms with Gasteiger partial charge in [-0.2, -0.15) is 11.3 Å². The molecule has 2 N–H and O–H groups in total. The number of hydrogen-bond donors (Lipinski definition) is 2. The third-order valence-corrected chi connectivity index (χ3v) is 5.80. The molecule has 2 aromatic heterocycles. The lowest BCUT2D eigenvalue weighted by atomic mass is 10.2. The molecule has 0 aliphatic carbocycles. The first-order chi connectivity index (χ1) is 11.6. The summed E-state index contributed by atoms with van der Waals surface area (Å²) < 4.78 is 0. The highest BCUT2D eigenvalue weighted by atomic mass is 32.1. The summed E-state index contributed by atoms with van der Waals surface area (Å²) >= 11 is 3.03. The molecule has 0 aromatic carbocycles. The van der Waals surface area contributed by atoms with Gasteiger partial charge in [0.1, 0.15) is 9.88 Å². The van der Waals surface area contributed by atoms with E-state index >= 15 is 0 Å². The van der Waals surface area contributed by atoms with E-state index in [4.69, 9.17) is 0 Å². The summed E-state index contributed by atoms with van der Waals surface area (Å²) in [6.07, 6.45) is 0.776. The van der Waals surface area contributed by atoms with Gasteiger partial charge < -0.3 is 15.5 Å². The van der Waals surface area contributed by atoms with Crippen molar-refractivity contribution in [3.05, 3.63) is 27.4 Å². The van der Waals surface area contributed by atoms with Crippen molar-refractivity contribution in [1.82, 2.24) is 20.5 Å². The smallest absolute Gasteiger partial charge is 0.317 e. The minimum Gasteiger partial charge on any atom is -0.347 e. The first kappa shape index (κ1) is 16.9. The third-order valence-electron chi connectivity index (χ3n) is 3.91. The third kappa shape index (κ3) is 3.59. The maximum atomic E-state index is 12.5. The van der Waals surface area contributed by atoms with Crippen LogP contribution in [0.25, 0.3) is 10.6 Å². The average molecular weight is 364 g/mol. The zero-order valence-electron chi connectivity index (χ0n) is 13.7. The summed E-state index contributed by atoms with van der Waals surface area (Å²) in [5.41, 5.74) is 1.80. The molecule has 8 heteroatoms. The highest BCUT2D eigenvalue weighted by molar-refractivity contribution is 7.17. The second-order valence-corrected chi connectivity index (χ2v) is 7.47. The fourth-order valence-electron chi connectivity index (χ4n) is 2.69. The van der Waals surface area contributed by atoms with Crippen molar-refractivity contribution < 1.29 is 9.59 Å². The molecular formula is C16H20N4O2S2. The monoisotopic (exact) mass is 364 g/mol. The number of nitrogens with zero attached hydrogens (tertiary/aromatic N) is 2. The fourth-order valence-corrected chi connectivity index (χ4v) is 4.37. The van der Waals surface area contributed by atoms with E-state index in [1.165, 1.54) is 11.3 Å². The van der Waals surface area contributed by atoms with Crippen LogP contribution in [-0.2, 0) is 0 Å². The molecule has 1 fully saturated rings. The van der Waals surface area contributed by atoms with Crippen molar-refractivity contribution in [3.8, 4) is 10.6 Å². The zero-order chi connectivity index (χ0) is 17.1. The Hall–Kier alpha value is -1.93. The Balaban J connectivity index is 1.63. The molecule has 1 aliphatic rings. The molecule has 0 radical (unpaired) electrons. The number of hydrogen-bond acceptors (Lipinski definition) is 5. The standard InChI is InChI=1S/C16H20N4O2S2/c1-3-17-16(22)20-6-4-12(8-20)19-14(21)13-10(2)18-15(24-13)11-5-7-23-9-11/h5,7,9,12H,3-4,6,8H2,1-2H3,(H,17,22)(H,19,21). The molecule has 1 aliphatic heterocycles. The Morgan fingerprint density at radius 1 is 1.46 bits per heavy atom. The summed E-state index contributed by atoms with van der Waals surface area (Å²) in [7, 11) is 0.